The Hall–Kier alpha value is -6.24. The molecule has 0 aliphatic carbocycles. The van der Waals surface area contributed by atoms with Crippen molar-refractivity contribution in [3.8, 4) is 0 Å². The number of H-pyrrole nitrogens is 2. The number of carbonyl (C=O) groups is 4. The fraction of sp³-hybridized carbons (Fsp3) is 0.510. The molecule has 3 aliphatic heterocycles. The first-order valence-electron chi connectivity index (χ1n) is 23.5. The second-order valence-electron chi connectivity index (χ2n) is 19.2. The van der Waals surface area contributed by atoms with Crippen LogP contribution in [0.4, 0.5) is 19.7 Å². The average molecular weight is 956 g/mol. The average Bonchev–Trinajstić information content (AvgIpc) is 4.15. The number of likely N-dealkylation sites (tertiary alicyclic amines) is 2. The number of rotatable bonds is 14. The van der Waals surface area contributed by atoms with Crippen LogP contribution in [-0.4, -0.2) is 114 Å². The molecule has 17 nitrogen and oxygen atoms in total. The van der Waals surface area contributed by atoms with Crippen LogP contribution in [0.25, 0.3) is 22.1 Å². The van der Waals surface area contributed by atoms with Gasteiger partial charge in [-0.25, -0.2) is 32.4 Å². The van der Waals surface area contributed by atoms with Gasteiger partial charge in [0.15, 0.2) is 9.84 Å². The Bertz CT molecular complexity index is 2810. The molecule has 4 N–H and O–H groups in total. The molecule has 0 saturated carbocycles. The van der Waals surface area contributed by atoms with Crippen LogP contribution in [0, 0.1) is 17.7 Å². The number of hydrogen-bond donors (Lipinski definition) is 4. The third kappa shape index (κ3) is 9.98. The van der Waals surface area contributed by atoms with Gasteiger partial charge >= 0.3 is 12.2 Å². The normalized spacial score (nSPS) is 20.7. The molecular weight excluding hydrogens is 894 g/mol. The molecule has 5 aromatic rings. The third-order valence-corrected chi connectivity index (χ3v) is 14.8. The standard InChI is InChI=1S/C49H62FN9O8S/c1-27(2)22-38(55-48(62)66-5)46(60)57-20-8-10-40(57)44-51-34-16-12-29(24-36(34)53-44)23-31-14-18-39(59(31)32-15-19-42(33(50)26-32)68(7,64)65)30-13-17-35-37(25-30)54-45(52-35)41-11-9-21-58(41)47(61)43(28(3)4)56-49(63)67-6/h12-13,15-17,19,24-28,31,38-41,43H,8-11,14,18,20-23H2,1-7H3,(H,51,53)(H,52,54)(H,55,62)(H,56,63)/t31?,38?,39-,40+,41+,43+/m1/s1. The first-order valence-corrected chi connectivity index (χ1v) is 25.4. The molecule has 6 atom stereocenters. The van der Waals surface area contributed by atoms with Gasteiger partial charge in [0.1, 0.15) is 34.4 Å². The van der Waals surface area contributed by atoms with E-state index in [1.54, 1.807) is 15.9 Å². The Balaban J connectivity index is 1.06. The molecule has 19 heteroatoms. The lowest BCUT2D eigenvalue weighted by Crippen LogP contribution is -2.51. The number of sulfone groups is 1. The van der Waals surface area contributed by atoms with Gasteiger partial charge in [0.25, 0.3) is 0 Å². The van der Waals surface area contributed by atoms with E-state index in [9.17, 15) is 27.6 Å². The zero-order chi connectivity index (χ0) is 48.6. The van der Waals surface area contributed by atoms with Crippen LogP contribution in [-0.2, 0) is 35.3 Å². The fourth-order valence-corrected chi connectivity index (χ4v) is 11.1. The number of ether oxygens (including phenoxy) is 2. The number of carbonyl (C=O) groups excluding carboxylic acids is 4. The van der Waals surface area contributed by atoms with Gasteiger partial charge in [-0.15, -0.1) is 0 Å². The molecule has 3 fully saturated rings. The molecule has 2 unspecified atom stereocenters. The number of halogens is 1. The van der Waals surface area contributed by atoms with Crippen LogP contribution in [0.5, 0.6) is 0 Å². The van der Waals surface area contributed by atoms with Crippen LogP contribution in [0.1, 0.15) is 114 Å². The number of methoxy groups -OCH3 is 2. The Morgan fingerprint density at radius 3 is 1.96 bits per heavy atom. The molecule has 4 amide bonds. The van der Waals surface area contributed by atoms with Gasteiger partial charge in [0.2, 0.25) is 11.8 Å². The summed E-state index contributed by atoms with van der Waals surface area (Å²) < 4.78 is 50.3. The van der Waals surface area contributed by atoms with Crippen molar-refractivity contribution in [2.24, 2.45) is 11.8 Å². The van der Waals surface area contributed by atoms with Crippen LogP contribution in [0.3, 0.4) is 0 Å². The summed E-state index contributed by atoms with van der Waals surface area (Å²) in [4.78, 5) is 74.3. The van der Waals surface area contributed by atoms with Gasteiger partial charge in [-0.1, -0.05) is 39.8 Å². The van der Waals surface area contributed by atoms with Crippen LogP contribution in [0.15, 0.2) is 59.5 Å². The summed E-state index contributed by atoms with van der Waals surface area (Å²) in [6.07, 6.45) is 5.21. The predicted octanol–water partition coefficient (Wildman–Crippen LogP) is 7.41. The smallest absolute Gasteiger partial charge is 0.407 e. The largest absolute Gasteiger partial charge is 0.453 e. The van der Waals surface area contributed by atoms with Crippen molar-refractivity contribution in [3.05, 3.63) is 83.2 Å². The van der Waals surface area contributed by atoms with Crippen molar-refractivity contribution in [2.75, 3.05) is 38.5 Å². The van der Waals surface area contributed by atoms with E-state index in [0.29, 0.717) is 49.7 Å². The fourth-order valence-electron chi connectivity index (χ4n) is 10.4. The summed E-state index contributed by atoms with van der Waals surface area (Å²) in [5.41, 5.74) is 5.62. The second kappa shape index (κ2) is 19.8. The van der Waals surface area contributed by atoms with E-state index in [4.69, 9.17) is 19.4 Å². The quantitative estimate of drug-likeness (QED) is 0.0861. The van der Waals surface area contributed by atoms with Crippen molar-refractivity contribution < 1.29 is 41.5 Å². The predicted molar refractivity (Wildman–Crippen MR) is 254 cm³/mol. The lowest BCUT2D eigenvalue weighted by atomic mass is 10.0. The van der Waals surface area contributed by atoms with Crippen molar-refractivity contribution in [1.82, 2.24) is 40.4 Å². The number of aromatic nitrogens is 4. The minimum absolute atomic E-state index is 0.106. The van der Waals surface area contributed by atoms with Gasteiger partial charge in [-0.3, -0.25) is 9.59 Å². The number of nitrogens with one attached hydrogen (secondary N) is 4. The Morgan fingerprint density at radius 2 is 1.37 bits per heavy atom. The minimum Gasteiger partial charge on any atom is -0.453 e. The maximum Gasteiger partial charge on any atom is 0.407 e. The number of fused-ring (bicyclic) bond motifs is 2. The van der Waals surface area contributed by atoms with Crippen LogP contribution in [0.2, 0.25) is 0 Å². The molecule has 68 heavy (non-hydrogen) atoms. The van der Waals surface area contributed by atoms with Gasteiger partial charge in [-0.2, -0.15) is 0 Å². The van der Waals surface area contributed by atoms with E-state index in [1.165, 1.54) is 26.4 Å². The Morgan fingerprint density at radius 1 is 0.765 bits per heavy atom. The molecule has 0 spiro atoms. The van der Waals surface area contributed by atoms with Crippen LogP contribution >= 0.6 is 0 Å². The first kappa shape index (κ1) is 48.2. The van der Waals surface area contributed by atoms with Gasteiger partial charge < -0.3 is 44.8 Å². The lowest BCUT2D eigenvalue weighted by Gasteiger charge is -2.33. The number of benzene rings is 3. The molecule has 0 bridgehead atoms. The van der Waals surface area contributed by atoms with Crippen molar-refractivity contribution in [3.63, 3.8) is 0 Å². The highest BCUT2D eigenvalue weighted by Crippen LogP contribution is 2.43. The van der Waals surface area contributed by atoms with Crippen molar-refractivity contribution in [2.45, 2.75) is 120 Å². The molecule has 8 rings (SSSR count). The Kier molecular flexibility index (Phi) is 14.0. The maximum absolute atomic E-state index is 15.7. The minimum atomic E-state index is -3.81. The molecular formula is C49H62FN9O8S. The molecule has 364 valence electrons. The number of imidazole rings is 2. The molecule has 5 heterocycles. The number of anilines is 1. The second-order valence-corrected chi connectivity index (χ2v) is 21.2. The van der Waals surface area contributed by atoms with E-state index in [0.717, 1.165) is 71.6 Å². The Labute approximate surface area is 395 Å². The van der Waals surface area contributed by atoms with E-state index >= 15 is 4.39 Å². The lowest BCUT2D eigenvalue weighted by molar-refractivity contribution is -0.136. The summed E-state index contributed by atoms with van der Waals surface area (Å²) in [6.45, 7) is 8.82. The molecule has 2 aromatic heterocycles. The highest BCUT2D eigenvalue weighted by molar-refractivity contribution is 7.90. The molecule has 3 aliphatic rings. The highest BCUT2D eigenvalue weighted by Gasteiger charge is 2.40. The van der Waals surface area contributed by atoms with E-state index in [-0.39, 0.29) is 52.7 Å². The van der Waals surface area contributed by atoms with Crippen molar-refractivity contribution in [1.29, 1.82) is 0 Å². The zero-order valence-corrected chi connectivity index (χ0v) is 40.5. The van der Waals surface area contributed by atoms with Gasteiger partial charge in [-0.05, 0) is 117 Å². The van der Waals surface area contributed by atoms with E-state index in [2.05, 4.69) is 37.6 Å². The number of amides is 4. The van der Waals surface area contributed by atoms with E-state index < -0.39 is 39.9 Å². The molecule has 3 aromatic carbocycles. The number of nitrogens with zero attached hydrogens (tertiary/aromatic N) is 5. The SMILES string of the molecule is COC(=O)NC(CC(C)C)C(=O)N1CCC[C@H]1c1nc2ccc(CC3CC[C@H](c4ccc5nc([C@@H]6CCCN6C(=O)[C@@H](NC(=O)OC)C(C)C)[nH]c5c4)N3c3ccc(S(C)(=O)=O)c(F)c3)cc2[nH]1. The summed E-state index contributed by atoms with van der Waals surface area (Å²) in [6, 6.07) is 14.0. The number of aromatic amines is 2. The number of alkyl carbamates (subject to hydrolysis) is 2. The van der Waals surface area contributed by atoms with Crippen molar-refractivity contribution >= 4 is 61.6 Å². The topological polar surface area (TPSA) is 212 Å². The monoisotopic (exact) mass is 955 g/mol. The maximum atomic E-state index is 15.7. The summed E-state index contributed by atoms with van der Waals surface area (Å²) in [5, 5.41) is 5.43. The highest BCUT2D eigenvalue weighted by atomic mass is 32.2. The van der Waals surface area contributed by atoms with E-state index in [1.807, 2.05) is 52.0 Å². The molecule has 0 radical (unpaired) electrons. The summed E-state index contributed by atoms with van der Waals surface area (Å²) in [5.74, 6) is 0.131. The van der Waals surface area contributed by atoms with Crippen LogP contribution < -0.4 is 15.5 Å². The zero-order valence-electron chi connectivity index (χ0n) is 39.7. The molecule has 3 saturated heterocycles. The number of hydrogen-bond acceptors (Lipinski definition) is 11. The van der Waals surface area contributed by atoms with Gasteiger partial charge in [0.05, 0.1) is 54.4 Å². The first-order chi connectivity index (χ1) is 32.4. The third-order valence-electron chi connectivity index (χ3n) is 13.6. The van der Waals surface area contributed by atoms with Gasteiger partial charge in [0, 0.05) is 31.1 Å². The summed E-state index contributed by atoms with van der Waals surface area (Å²) in [7, 11) is -1.26. The summed E-state index contributed by atoms with van der Waals surface area (Å²) >= 11 is 0.